The summed E-state index contributed by atoms with van der Waals surface area (Å²) in [6, 6.07) is 0. The van der Waals surface area contributed by atoms with Crippen LogP contribution in [-0.4, -0.2) is 43.3 Å². The largest absolute Gasteiger partial charge is 0.469 e. The van der Waals surface area contributed by atoms with E-state index >= 15 is 0 Å². The monoisotopic (exact) mass is 448 g/mol. The minimum atomic E-state index is -0.368. The fourth-order valence-electron chi connectivity index (χ4n) is 9.55. The Balaban J connectivity index is 1.33. The van der Waals surface area contributed by atoms with Crippen LogP contribution in [0.25, 0.3) is 0 Å². The van der Waals surface area contributed by atoms with Gasteiger partial charge in [-0.15, -0.1) is 0 Å². The van der Waals surface area contributed by atoms with Crippen LogP contribution < -0.4 is 0 Å². The first-order chi connectivity index (χ1) is 15.2. The Kier molecular flexibility index (Phi) is 5.95. The van der Waals surface area contributed by atoms with E-state index in [1.165, 1.54) is 32.8 Å². The third-order valence-electron chi connectivity index (χ3n) is 11.3. The molecule has 0 aromatic carbocycles. The van der Waals surface area contributed by atoms with E-state index in [0.29, 0.717) is 60.6 Å². The molecule has 4 aliphatic carbocycles. The van der Waals surface area contributed by atoms with Gasteiger partial charge < -0.3 is 19.3 Å². The standard InChI is InChI=1S/C27H44O5/c1-17(5-8-23(29)30-4)19-6-7-20-24-21(9-10-26(19,20)3)25(2)11-12-27(31-13-14-32-27)16-18(25)15-22(24)28/h17-22,24,28H,5-16H2,1-4H3/t17-,18+,19-,20?,21?,22-,24?,25+,26-/m1/s1. The molecule has 0 radical (unpaired) electrons. The fourth-order valence-corrected chi connectivity index (χ4v) is 9.55. The second-order valence-corrected chi connectivity index (χ2v) is 12.4. The minimum Gasteiger partial charge on any atom is -0.469 e. The zero-order valence-corrected chi connectivity index (χ0v) is 20.6. The van der Waals surface area contributed by atoms with E-state index in [2.05, 4.69) is 20.8 Å². The molecule has 3 unspecified atom stereocenters. The van der Waals surface area contributed by atoms with E-state index in [0.717, 1.165) is 32.1 Å². The number of hydrogen-bond acceptors (Lipinski definition) is 5. The summed E-state index contributed by atoms with van der Waals surface area (Å²) in [7, 11) is 1.48. The normalized spacial score (nSPS) is 48.0. The Hall–Kier alpha value is -0.650. The molecule has 1 heterocycles. The minimum absolute atomic E-state index is 0.0905. The average molecular weight is 449 g/mol. The van der Waals surface area contributed by atoms with Gasteiger partial charge >= 0.3 is 5.97 Å². The number of carbonyl (C=O) groups is 1. The third-order valence-corrected chi connectivity index (χ3v) is 11.3. The van der Waals surface area contributed by atoms with Crippen molar-refractivity contribution in [3.8, 4) is 0 Å². The summed E-state index contributed by atoms with van der Waals surface area (Å²) in [4.78, 5) is 11.7. The highest BCUT2D eigenvalue weighted by molar-refractivity contribution is 5.69. The molecule has 5 rings (SSSR count). The molecule has 1 aliphatic heterocycles. The lowest BCUT2D eigenvalue weighted by Gasteiger charge is -2.63. The van der Waals surface area contributed by atoms with Crippen molar-refractivity contribution in [1.29, 1.82) is 0 Å². The van der Waals surface area contributed by atoms with Gasteiger partial charge in [-0.3, -0.25) is 4.79 Å². The van der Waals surface area contributed by atoms with Crippen molar-refractivity contribution >= 4 is 5.97 Å². The van der Waals surface area contributed by atoms with Gasteiger partial charge in [0.05, 0.1) is 26.4 Å². The van der Waals surface area contributed by atoms with Crippen molar-refractivity contribution in [2.45, 2.75) is 96.9 Å². The average Bonchev–Trinajstić information content (AvgIpc) is 3.37. The molecule has 1 saturated heterocycles. The molecule has 5 nitrogen and oxygen atoms in total. The molecule has 5 heteroatoms. The molecular formula is C27H44O5. The molecule has 5 fully saturated rings. The van der Waals surface area contributed by atoms with Gasteiger partial charge in [-0.1, -0.05) is 20.8 Å². The summed E-state index contributed by atoms with van der Waals surface area (Å²) in [5, 5.41) is 11.5. The smallest absolute Gasteiger partial charge is 0.305 e. The van der Waals surface area contributed by atoms with Gasteiger partial charge in [0.1, 0.15) is 0 Å². The summed E-state index contributed by atoms with van der Waals surface area (Å²) in [6.07, 6.45) is 10.2. The van der Waals surface area contributed by atoms with Crippen LogP contribution in [0.2, 0.25) is 0 Å². The molecule has 5 aliphatic rings. The van der Waals surface area contributed by atoms with E-state index in [1.54, 1.807) is 0 Å². The number of ether oxygens (including phenoxy) is 3. The highest BCUT2D eigenvalue weighted by Crippen LogP contribution is 2.69. The number of esters is 1. The maximum atomic E-state index is 11.7. The van der Waals surface area contributed by atoms with Crippen molar-refractivity contribution in [2.24, 2.45) is 46.3 Å². The van der Waals surface area contributed by atoms with Gasteiger partial charge in [-0.25, -0.2) is 0 Å². The van der Waals surface area contributed by atoms with Crippen molar-refractivity contribution in [2.75, 3.05) is 20.3 Å². The van der Waals surface area contributed by atoms with E-state index in [4.69, 9.17) is 14.2 Å². The maximum absolute atomic E-state index is 11.7. The van der Waals surface area contributed by atoms with E-state index in [9.17, 15) is 9.90 Å². The molecule has 1 N–H and O–H groups in total. The van der Waals surface area contributed by atoms with Crippen LogP contribution in [0.3, 0.4) is 0 Å². The topological polar surface area (TPSA) is 65.0 Å². The van der Waals surface area contributed by atoms with Crippen LogP contribution in [0.5, 0.6) is 0 Å². The van der Waals surface area contributed by atoms with Crippen LogP contribution in [-0.2, 0) is 19.0 Å². The SMILES string of the molecule is COC(=O)CC[C@@H](C)[C@H]1CCC2C3C(CC[C@@]21C)[C@@]1(C)CCC2(C[C@@H]1C[C@H]3O)OCCO2. The van der Waals surface area contributed by atoms with Gasteiger partial charge in [-0.05, 0) is 91.3 Å². The first kappa shape index (κ1) is 23.1. The lowest BCUT2D eigenvalue weighted by Crippen LogP contribution is -2.60. The first-order valence-electron chi connectivity index (χ1n) is 13.3. The number of hydrogen-bond donors (Lipinski definition) is 1. The van der Waals surface area contributed by atoms with Crippen LogP contribution in [0.4, 0.5) is 0 Å². The van der Waals surface area contributed by atoms with Gasteiger partial charge in [0, 0.05) is 19.3 Å². The number of methoxy groups -OCH3 is 1. The van der Waals surface area contributed by atoms with Crippen molar-refractivity contribution < 1.29 is 24.1 Å². The number of aliphatic hydroxyl groups is 1. The number of aliphatic hydroxyl groups excluding tert-OH is 1. The molecule has 0 aromatic rings. The molecule has 4 saturated carbocycles. The Morgan fingerprint density at radius 2 is 1.78 bits per heavy atom. The number of carbonyl (C=O) groups excluding carboxylic acids is 1. The molecule has 0 amide bonds. The molecule has 1 spiro atoms. The van der Waals surface area contributed by atoms with Crippen LogP contribution >= 0.6 is 0 Å². The molecule has 0 bridgehead atoms. The number of fused-ring (bicyclic) bond motifs is 5. The Labute approximate surface area is 193 Å². The van der Waals surface area contributed by atoms with Crippen molar-refractivity contribution in [3.63, 3.8) is 0 Å². The van der Waals surface area contributed by atoms with E-state index < -0.39 is 0 Å². The van der Waals surface area contributed by atoms with Gasteiger partial charge in [0.2, 0.25) is 0 Å². The van der Waals surface area contributed by atoms with Gasteiger partial charge in [0.25, 0.3) is 0 Å². The zero-order valence-electron chi connectivity index (χ0n) is 20.6. The molecular weight excluding hydrogens is 404 g/mol. The van der Waals surface area contributed by atoms with Crippen LogP contribution in [0.1, 0.15) is 85.0 Å². The summed E-state index contributed by atoms with van der Waals surface area (Å²) in [6.45, 7) is 8.81. The summed E-state index contributed by atoms with van der Waals surface area (Å²) >= 11 is 0. The lowest BCUT2D eigenvalue weighted by molar-refractivity contribution is -0.243. The van der Waals surface area contributed by atoms with Crippen LogP contribution in [0, 0.1) is 46.3 Å². The quantitative estimate of drug-likeness (QED) is 0.617. The molecule has 0 aromatic heterocycles. The summed E-state index contributed by atoms with van der Waals surface area (Å²) in [5.41, 5.74) is 0.578. The van der Waals surface area contributed by atoms with E-state index in [-0.39, 0.29) is 23.3 Å². The zero-order chi connectivity index (χ0) is 22.7. The second-order valence-electron chi connectivity index (χ2n) is 12.4. The van der Waals surface area contributed by atoms with Crippen LogP contribution in [0.15, 0.2) is 0 Å². The predicted octanol–water partition coefficient (Wildman–Crippen LogP) is 4.95. The highest BCUT2D eigenvalue weighted by Gasteiger charge is 2.64. The highest BCUT2D eigenvalue weighted by atomic mass is 16.7. The Morgan fingerprint density at radius 1 is 1.06 bits per heavy atom. The lowest BCUT2D eigenvalue weighted by atomic mass is 9.43. The summed E-state index contributed by atoms with van der Waals surface area (Å²) < 4.78 is 17.1. The van der Waals surface area contributed by atoms with Crippen molar-refractivity contribution in [3.05, 3.63) is 0 Å². The van der Waals surface area contributed by atoms with Crippen molar-refractivity contribution in [1.82, 2.24) is 0 Å². The van der Waals surface area contributed by atoms with E-state index in [1.807, 2.05) is 0 Å². The summed E-state index contributed by atoms with van der Waals surface area (Å²) in [5.74, 6) is 2.84. The maximum Gasteiger partial charge on any atom is 0.305 e. The van der Waals surface area contributed by atoms with Gasteiger partial charge in [-0.2, -0.15) is 0 Å². The molecule has 32 heavy (non-hydrogen) atoms. The Bertz CT molecular complexity index is 717. The molecule has 182 valence electrons. The Morgan fingerprint density at radius 3 is 2.50 bits per heavy atom. The third kappa shape index (κ3) is 3.48. The predicted molar refractivity (Wildman–Crippen MR) is 122 cm³/mol. The van der Waals surface area contributed by atoms with Gasteiger partial charge in [0.15, 0.2) is 5.79 Å². The second kappa shape index (κ2) is 8.23. The fraction of sp³-hybridized carbons (Fsp3) is 0.963. The number of rotatable bonds is 4. The molecule has 9 atom stereocenters. The first-order valence-corrected chi connectivity index (χ1v) is 13.3.